The molecule has 0 saturated carbocycles. The summed E-state index contributed by atoms with van der Waals surface area (Å²) >= 11 is 0. The summed E-state index contributed by atoms with van der Waals surface area (Å²) in [5.41, 5.74) is 0. The molecule has 0 unspecified atom stereocenters. The van der Waals surface area contributed by atoms with Gasteiger partial charge in [0.25, 0.3) is 0 Å². The van der Waals surface area contributed by atoms with Crippen LogP contribution in [0.5, 0.6) is 0 Å². The molecule has 0 aromatic heterocycles. The molecule has 0 atom stereocenters. The topological polar surface area (TPSA) is 23.8 Å². The first kappa shape index (κ1) is 16.5. The second-order valence-corrected chi connectivity index (χ2v) is 0. The minimum atomic E-state index is 0. The summed E-state index contributed by atoms with van der Waals surface area (Å²) in [5.74, 6) is 0. The summed E-state index contributed by atoms with van der Waals surface area (Å²) in [6, 6.07) is 0. The van der Waals surface area contributed by atoms with Gasteiger partial charge < -0.3 is 0 Å². The van der Waals surface area contributed by atoms with E-state index < -0.39 is 0 Å². The molecular formula is CH3KNNa. The first-order chi connectivity index (χ1) is 1.00. The fourth-order valence-electron chi connectivity index (χ4n) is 0. The molecule has 0 aromatic rings. The van der Waals surface area contributed by atoms with Crippen molar-refractivity contribution in [1.82, 2.24) is 0 Å². The number of hydrogen-bond donors (Lipinski definition) is 0. The van der Waals surface area contributed by atoms with Gasteiger partial charge in [0, 0.05) is 6.57 Å². The Labute approximate surface area is 90.5 Å². The molecule has 0 rings (SSSR count). The van der Waals surface area contributed by atoms with Crippen molar-refractivity contribution >= 4 is 80.9 Å². The van der Waals surface area contributed by atoms with Crippen molar-refractivity contribution < 1.29 is 0 Å². The van der Waals surface area contributed by atoms with Crippen LogP contribution in [0.15, 0.2) is 0 Å². The van der Waals surface area contributed by atoms with Crippen LogP contribution in [-0.2, 0) is 0 Å². The monoisotopic (exact) mass is 91.0 g/mol. The Hall–Kier alpha value is 2.13. The Bertz CT molecular complexity index is 12.8. The van der Waals surface area contributed by atoms with E-state index in [-0.39, 0.29) is 80.9 Å². The van der Waals surface area contributed by atoms with Crippen LogP contribution in [0.1, 0.15) is 0 Å². The van der Waals surface area contributed by atoms with E-state index in [4.69, 9.17) is 5.26 Å². The van der Waals surface area contributed by atoms with Gasteiger partial charge in [0.15, 0.2) is 0 Å². The molecule has 0 amide bonds. The summed E-state index contributed by atoms with van der Waals surface area (Å²) < 4.78 is 0. The van der Waals surface area contributed by atoms with Crippen molar-refractivity contribution in [3.05, 3.63) is 0 Å². The Morgan fingerprint density at radius 1 is 1.25 bits per heavy atom. The predicted octanol–water partition coefficient (Wildman–Crippen LogP) is -1.16. The van der Waals surface area contributed by atoms with Gasteiger partial charge in [0.05, 0.1) is 0 Å². The van der Waals surface area contributed by atoms with Crippen LogP contribution in [0.2, 0.25) is 0 Å². The quantitative estimate of drug-likeness (QED) is 0.345. The van der Waals surface area contributed by atoms with E-state index in [1.165, 1.54) is 0 Å². The molecule has 0 spiro atoms. The molecule has 1 nitrogen and oxygen atoms in total. The van der Waals surface area contributed by atoms with E-state index in [2.05, 4.69) is 6.57 Å². The van der Waals surface area contributed by atoms with Crippen LogP contribution < -0.4 is 0 Å². The Morgan fingerprint density at radius 2 is 1.25 bits per heavy atom. The third-order valence-electron chi connectivity index (χ3n) is 0. The molecule has 0 N–H and O–H groups in total. The first-order valence-electron chi connectivity index (χ1n) is 0.258. The van der Waals surface area contributed by atoms with Crippen molar-refractivity contribution in [2.24, 2.45) is 0 Å². The second-order valence-electron chi connectivity index (χ2n) is 0. The number of rotatable bonds is 0. The van der Waals surface area contributed by atoms with Gasteiger partial charge in [-0.2, -0.15) is 0 Å². The Morgan fingerprint density at radius 3 is 1.25 bits per heavy atom. The van der Waals surface area contributed by atoms with Crippen molar-refractivity contribution in [2.45, 2.75) is 0 Å². The SMILES string of the molecule is C#N.[KH].[NaH]. The van der Waals surface area contributed by atoms with Gasteiger partial charge in [-0.1, -0.05) is 0 Å². The normalized spacial score (nSPS) is 0.500. The molecule has 0 heterocycles. The van der Waals surface area contributed by atoms with Crippen LogP contribution in [0, 0.1) is 11.8 Å². The van der Waals surface area contributed by atoms with Gasteiger partial charge in [-0.3, -0.25) is 0 Å². The zero-order valence-electron chi connectivity index (χ0n) is 1.02. The van der Waals surface area contributed by atoms with E-state index in [9.17, 15) is 0 Å². The van der Waals surface area contributed by atoms with Crippen LogP contribution >= 0.6 is 0 Å². The molecule has 14 valence electrons. The predicted molar refractivity (Wildman–Crippen MR) is 21.0 cm³/mol. The van der Waals surface area contributed by atoms with Crippen LogP contribution in [0.3, 0.4) is 0 Å². The molecule has 0 radical (unpaired) electrons. The van der Waals surface area contributed by atoms with E-state index in [0.717, 1.165) is 0 Å². The zero-order valence-corrected chi connectivity index (χ0v) is 1.02. The van der Waals surface area contributed by atoms with Crippen LogP contribution in [-0.4, -0.2) is 80.9 Å². The summed E-state index contributed by atoms with van der Waals surface area (Å²) in [4.78, 5) is 0. The van der Waals surface area contributed by atoms with Crippen molar-refractivity contribution in [2.75, 3.05) is 0 Å². The maximum absolute atomic E-state index is 6.50. The average molecular weight is 91.1 g/mol. The molecule has 0 aliphatic carbocycles. The molecule has 0 fully saturated rings. The number of nitriles is 1. The third kappa shape index (κ3) is 8.92. The van der Waals surface area contributed by atoms with Gasteiger partial charge in [0.1, 0.15) is 0 Å². The molecule has 0 aliphatic rings. The standard InChI is InChI=1S/CHN.K.Na.2H/c1-2;;;;/h1H;;;;. The summed E-state index contributed by atoms with van der Waals surface area (Å²) in [6.45, 7) is 3.50. The number of hydrogen-bond acceptors (Lipinski definition) is 1. The third-order valence-corrected chi connectivity index (χ3v) is 0. The molecule has 0 saturated heterocycles. The van der Waals surface area contributed by atoms with Crippen molar-refractivity contribution in [3.63, 3.8) is 0 Å². The minimum absolute atomic E-state index is 0. The van der Waals surface area contributed by atoms with Gasteiger partial charge in [-0.05, 0) is 0 Å². The summed E-state index contributed by atoms with van der Waals surface area (Å²) in [5, 5.41) is 6.50. The van der Waals surface area contributed by atoms with Gasteiger partial charge in [0.2, 0.25) is 0 Å². The van der Waals surface area contributed by atoms with E-state index in [1.807, 2.05) is 0 Å². The van der Waals surface area contributed by atoms with E-state index in [1.54, 1.807) is 0 Å². The molecule has 0 bridgehead atoms. The van der Waals surface area contributed by atoms with Crippen LogP contribution in [0.25, 0.3) is 0 Å². The Kier molecular flexibility index (Phi) is 79.5. The molecule has 4 heavy (non-hydrogen) atoms. The van der Waals surface area contributed by atoms with Crippen molar-refractivity contribution in [3.8, 4) is 6.57 Å². The summed E-state index contributed by atoms with van der Waals surface area (Å²) in [7, 11) is 0. The molecule has 0 aliphatic heterocycles. The van der Waals surface area contributed by atoms with Crippen molar-refractivity contribution in [1.29, 1.82) is 5.26 Å². The second kappa shape index (κ2) is 19.3. The average Bonchev–Trinajstić information content (AvgIpc) is 1.00. The van der Waals surface area contributed by atoms with Gasteiger partial charge in [-0.15, -0.1) is 0 Å². The summed E-state index contributed by atoms with van der Waals surface area (Å²) in [6.07, 6.45) is 0. The zero-order chi connectivity index (χ0) is 2.00. The molecular weight excluding hydrogens is 88.1 g/mol. The molecule has 0 aromatic carbocycles. The van der Waals surface area contributed by atoms with Crippen LogP contribution in [0.4, 0.5) is 0 Å². The van der Waals surface area contributed by atoms with E-state index >= 15 is 0 Å². The van der Waals surface area contributed by atoms with Gasteiger partial charge in [-0.25, -0.2) is 5.26 Å². The first-order valence-corrected chi connectivity index (χ1v) is 0.258. The fraction of sp³-hybridized carbons (Fsp3) is 0. The fourth-order valence-corrected chi connectivity index (χ4v) is 0. The Balaban J connectivity index is -0.00000000500. The number of nitrogens with zero attached hydrogens (tertiary/aromatic N) is 1. The molecule has 3 heteroatoms. The van der Waals surface area contributed by atoms with Gasteiger partial charge >= 0.3 is 80.9 Å². The maximum atomic E-state index is 6.50. The van der Waals surface area contributed by atoms with E-state index in [0.29, 0.717) is 0 Å².